The lowest BCUT2D eigenvalue weighted by Crippen LogP contribution is -2.51. The van der Waals surface area contributed by atoms with Gasteiger partial charge in [-0.15, -0.1) is 10.2 Å². The summed E-state index contributed by atoms with van der Waals surface area (Å²) in [6.45, 7) is 2.93. The highest BCUT2D eigenvalue weighted by Gasteiger charge is 2.40. The van der Waals surface area contributed by atoms with E-state index in [9.17, 15) is 10.1 Å². The van der Waals surface area contributed by atoms with Gasteiger partial charge in [-0.2, -0.15) is 5.26 Å². The Bertz CT molecular complexity index is 923. The van der Waals surface area contributed by atoms with Crippen molar-refractivity contribution in [1.82, 2.24) is 19.7 Å². The van der Waals surface area contributed by atoms with Crippen LogP contribution in [-0.4, -0.2) is 43.9 Å². The molecule has 0 atom stereocenters. The molecule has 0 aliphatic heterocycles. The first-order chi connectivity index (χ1) is 14.5. The Morgan fingerprint density at radius 2 is 1.93 bits per heavy atom. The van der Waals surface area contributed by atoms with Crippen LogP contribution in [0.1, 0.15) is 62.8 Å². The topological polar surface area (TPSA) is 74.8 Å². The van der Waals surface area contributed by atoms with E-state index in [0.717, 1.165) is 49.5 Å². The number of hydrogen-bond acceptors (Lipinski definition) is 5. The molecule has 6 nitrogen and oxygen atoms in total. The molecular weight excluding hydrogens is 394 g/mol. The number of carbonyl (C=O) groups excluding carboxylic acids is 1. The second-order valence-corrected chi connectivity index (χ2v) is 9.70. The summed E-state index contributed by atoms with van der Waals surface area (Å²) in [4.78, 5) is 14.7. The van der Waals surface area contributed by atoms with Gasteiger partial charge in [0.1, 0.15) is 11.4 Å². The molecule has 1 amide bonds. The summed E-state index contributed by atoms with van der Waals surface area (Å²) >= 11 is 1.43. The van der Waals surface area contributed by atoms with Crippen LogP contribution >= 0.6 is 11.8 Å². The van der Waals surface area contributed by atoms with Gasteiger partial charge >= 0.3 is 0 Å². The predicted molar refractivity (Wildman–Crippen MR) is 117 cm³/mol. The molecule has 1 aromatic heterocycles. The lowest BCUT2D eigenvalue weighted by Gasteiger charge is -2.40. The zero-order chi connectivity index (χ0) is 21.1. The summed E-state index contributed by atoms with van der Waals surface area (Å²) in [6, 6.07) is 12.7. The fourth-order valence-corrected chi connectivity index (χ4v) is 5.05. The molecule has 1 aromatic carbocycles. The summed E-state index contributed by atoms with van der Waals surface area (Å²) in [5.74, 6) is 2.39. The molecule has 0 radical (unpaired) electrons. The van der Waals surface area contributed by atoms with Crippen LogP contribution in [0, 0.1) is 17.2 Å². The Morgan fingerprint density at radius 3 is 2.57 bits per heavy atom. The quantitative estimate of drug-likeness (QED) is 0.623. The van der Waals surface area contributed by atoms with Gasteiger partial charge in [0.25, 0.3) is 0 Å². The van der Waals surface area contributed by atoms with Crippen molar-refractivity contribution in [3.63, 3.8) is 0 Å². The molecule has 0 saturated heterocycles. The third-order valence-corrected chi connectivity index (χ3v) is 7.47. The lowest BCUT2D eigenvalue weighted by molar-refractivity contribution is -0.132. The number of nitriles is 1. The van der Waals surface area contributed by atoms with E-state index in [0.29, 0.717) is 18.4 Å². The van der Waals surface area contributed by atoms with E-state index in [1.54, 1.807) is 11.9 Å². The van der Waals surface area contributed by atoms with E-state index < -0.39 is 5.54 Å². The van der Waals surface area contributed by atoms with Gasteiger partial charge < -0.3 is 9.47 Å². The van der Waals surface area contributed by atoms with Crippen molar-refractivity contribution < 1.29 is 4.79 Å². The number of carbonyl (C=O) groups is 1. The van der Waals surface area contributed by atoms with E-state index in [1.807, 2.05) is 18.2 Å². The highest BCUT2D eigenvalue weighted by Crippen LogP contribution is 2.40. The summed E-state index contributed by atoms with van der Waals surface area (Å²) in [5.41, 5.74) is 0.533. The van der Waals surface area contributed by atoms with Crippen LogP contribution in [0.4, 0.5) is 0 Å². The maximum atomic E-state index is 13.0. The van der Waals surface area contributed by atoms with E-state index in [4.69, 9.17) is 0 Å². The minimum atomic E-state index is -0.666. The molecule has 1 heterocycles. The first kappa shape index (κ1) is 20.9. The Kier molecular flexibility index (Phi) is 6.14. The molecule has 0 N–H and O–H groups in total. The molecule has 2 fully saturated rings. The predicted octanol–water partition coefficient (Wildman–Crippen LogP) is 4.23. The van der Waals surface area contributed by atoms with Gasteiger partial charge in [0.05, 0.1) is 18.4 Å². The van der Waals surface area contributed by atoms with E-state index in [1.165, 1.54) is 17.3 Å². The van der Waals surface area contributed by atoms with Crippen LogP contribution in [0.3, 0.4) is 0 Å². The molecule has 158 valence electrons. The molecule has 2 saturated carbocycles. The highest BCUT2D eigenvalue weighted by atomic mass is 32.2. The maximum Gasteiger partial charge on any atom is 0.234 e. The number of rotatable bonds is 7. The molecule has 0 bridgehead atoms. The van der Waals surface area contributed by atoms with Crippen molar-refractivity contribution in [2.45, 2.75) is 68.6 Å². The molecular formula is C23H29N5OS. The summed E-state index contributed by atoms with van der Waals surface area (Å²) in [7, 11) is 1.78. The van der Waals surface area contributed by atoms with E-state index in [-0.39, 0.29) is 11.7 Å². The molecule has 2 aliphatic rings. The van der Waals surface area contributed by atoms with Crippen molar-refractivity contribution in [3.05, 3.63) is 41.7 Å². The normalized spacial score (nSPS) is 23.7. The van der Waals surface area contributed by atoms with Gasteiger partial charge in [-0.05, 0) is 50.0 Å². The van der Waals surface area contributed by atoms with Crippen LogP contribution in [0.15, 0.2) is 35.5 Å². The summed E-state index contributed by atoms with van der Waals surface area (Å²) in [6.07, 6.45) is 5.81. The van der Waals surface area contributed by atoms with Gasteiger partial charge in [-0.25, -0.2) is 0 Å². The number of amides is 1. The van der Waals surface area contributed by atoms with Gasteiger partial charge in [-0.1, -0.05) is 49.0 Å². The van der Waals surface area contributed by atoms with Crippen LogP contribution in [-0.2, 0) is 11.3 Å². The number of aromatic nitrogens is 3. The van der Waals surface area contributed by atoms with Crippen molar-refractivity contribution >= 4 is 17.7 Å². The molecule has 2 aliphatic carbocycles. The SMILES string of the molecule is CC1CCC(C#N)(N(C)C(=O)CSc2nnc(C3CC3)n2Cc2ccccc2)CC1. The van der Waals surface area contributed by atoms with E-state index >= 15 is 0 Å². The first-order valence-corrected chi connectivity index (χ1v) is 11.8. The Hall–Kier alpha value is -2.33. The fraction of sp³-hybridized carbons (Fsp3) is 0.565. The minimum Gasteiger partial charge on any atom is -0.326 e. The van der Waals surface area contributed by atoms with Crippen molar-refractivity contribution in [3.8, 4) is 6.07 Å². The minimum absolute atomic E-state index is 0.0154. The van der Waals surface area contributed by atoms with Crippen LogP contribution in [0.2, 0.25) is 0 Å². The van der Waals surface area contributed by atoms with Crippen LogP contribution in [0.5, 0.6) is 0 Å². The third kappa shape index (κ3) is 4.39. The average Bonchev–Trinajstić information content (AvgIpc) is 3.55. The van der Waals surface area contributed by atoms with Gasteiger partial charge in [0.2, 0.25) is 5.91 Å². The van der Waals surface area contributed by atoms with Crippen molar-refractivity contribution in [2.75, 3.05) is 12.8 Å². The molecule has 0 unspecified atom stereocenters. The van der Waals surface area contributed by atoms with Gasteiger partial charge in [0.15, 0.2) is 5.16 Å². The molecule has 4 rings (SSSR count). The standard InChI is InChI=1S/C23H29N5OS/c1-17-10-12-23(16-24,13-11-17)27(2)20(29)15-30-22-26-25-21(19-8-9-19)28(22)14-18-6-4-3-5-7-18/h3-7,17,19H,8-15H2,1-2H3. The average molecular weight is 424 g/mol. The zero-order valence-corrected chi connectivity index (χ0v) is 18.6. The number of benzene rings is 1. The second-order valence-electron chi connectivity index (χ2n) is 8.75. The van der Waals surface area contributed by atoms with Crippen molar-refractivity contribution in [2.24, 2.45) is 5.92 Å². The lowest BCUT2D eigenvalue weighted by atomic mass is 9.77. The Morgan fingerprint density at radius 1 is 1.23 bits per heavy atom. The molecule has 30 heavy (non-hydrogen) atoms. The van der Waals surface area contributed by atoms with Crippen molar-refractivity contribution in [1.29, 1.82) is 5.26 Å². The molecule has 7 heteroatoms. The second kappa shape index (κ2) is 8.81. The number of nitrogens with zero attached hydrogens (tertiary/aromatic N) is 5. The van der Waals surface area contributed by atoms with Gasteiger partial charge in [-0.3, -0.25) is 4.79 Å². The number of hydrogen-bond donors (Lipinski definition) is 0. The highest BCUT2D eigenvalue weighted by molar-refractivity contribution is 7.99. The summed E-state index contributed by atoms with van der Waals surface area (Å²) < 4.78 is 2.16. The largest absolute Gasteiger partial charge is 0.326 e. The third-order valence-electron chi connectivity index (χ3n) is 6.52. The zero-order valence-electron chi connectivity index (χ0n) is 17.8. The Balaban J connectivity index is 1.45. The number of thioether (sulfide) groups is 1. The van der Waals surface area contributed by atoms with Crippen LogP contribution in [0.25, 0.3) is 0 Å². The fourth-order valence-electron chi connectivity index (χ4n) is 4.19. The maximum absolute atomic E-state index is 13.0. The van der Waals surface area contributed by atoms with Crippen LogP contribution < -0.4 is 0 Å². The van der Waals surface area contributed by atoms with E-state index in [2.05, 4.69) is 39.9 Å². The monoisotopic (exact) mass is 423 g/mol. The first-order valence-electron chi connectivity index (χ1n) is 10.8. The summed E-state index contributed by atoms with van der Waals surface area (Å²) in [5, 5.41) is 19.5. The van der Waals surface area contributed by atoms with Gasteiger partial charge in [0, 0.05) is 13.0 Å². The Labute approximate surface area is 182 Å². The molecule has 2 aromatic rings. The smallest absolute Gasteiger partial charge is 0.234 e. The molecule has 0 spiro atoms.